The third-order valence-electron chi connectivity index (χ3n) is 4.47. The molecule has 1 aliphatic rings. The van der Waals surface area contributed by atoms with E-state index in [1.807, 2.05) is 11.9 Å². The number of hydrogen-bond donors (Lipinski definition) is 1. The summed E-state index contributed by atoms with van der Waals surface area (Å²) < 4.78 is 5.64. The molecule has 7 nitrogen and oxygen atoms in total. The molecule has 0 unspecified atom stereocenters. The molecule has 25 heavy (non-hydrogen) atoms. The molecule has 0 spiro atoms. The molecule has 2 heterocycles. The fraction of sp³-hybridized carbons (Fsp3) is 0.389. The number of fused-ring (bicyclic) bond motifs is 1. The Kier molecular flexibility index (Phi) is 4.85. The number of amides is 2. The first-order chi connectivity index (χ1) is 12.0. The van der Waals surface area contributed by atoms with Crippen molar-refractivity contribution in [2.45, 2.75) is 0 Å². The molecule has 0 aliphatic carbocycles. The van der Waals surface area contributed by atoms with E-state index in [-0.39, 0.29) is 28.9 Å². The fourth-order valence-electron chi connectivity index (χ4n) is 3.09. The van der Waals surface area contributed by atoms with Gasteiger partial charge < -0.3 is 19.5 Å². The van der Waals surface area contributed by atoms with Gasteiger partial charge in [0.2, 0.25) is 5.91 Å². The van der Waals surface area contributed by atoms with Gasteiger partial charge in [-0.25, -0.2) is 0 Å². The molecule has 1 fully saturated rings. The molecule has 7 heteroatoms. The smallest absolute Gasteiger partial charge is 0.289 e. The lowest BCUT2D eigenvalue weighted by Crippen LogP contribution is -2.41. The van der Waals surface area contributed by atoms with Crippen LogP contribution in [0.1, 0.15) is 10.6 Å². The summed E-state index contributed by atoms with van der Waals surface area (Å²) in [6, 6.07) is 8.06. The summed E-state index contributed by atoms with van der Waals surface area (Å²) in [5.74, 6) is -0.795. The van der Waals surface area contributed by atoms with Crippen LogP contribution in [-0.4, -0.2) is 61.9 Å². The van der Waals surface area contributed by atoms with Crippen molar-refractivity contribution >= 4 is 22.8 Å². The molecule has 2 amide bonds. The van der Waals surface area contributed by atoms with Gasteiger partial charge in [0, 0.05) is 39.3 Å². The number of hydrogen-bond acceptors (Lipinski definition) is 5. The summed E-state index contributed by atoms with van der Waals surface area (Å²) in [5.41, 5.74) is 0.133. The van der Waals surface area contributed by atoms with Crippen LogP contribution in [0.15, 0.2) is 39.5 Å². The Morgan fingerprint density at radius 1 is 1.20 bits per heavy atom. The Morgan fingerprint density at radius 3 is 2.72 bits per heavy atom. The van der Waals surface area contributed by atoms with Crippen molar-refractivity contribution in [3.8, 4) is 0 Å². The van der Waals surface area contributed by atoms with E-state index in [0.717, 1.165) is 0 Å². The average Bonchev–Trinajstić information content (AvgIpc) is 2.82. The Balaban J connectivity index is 1.91. The van der Waals surface area contributed by atoms with Gasteiger partial charge in [-0.3, -0.25) is 14.4 Å². The third-order valence-corrected chi connectivity index (χ3v) is 4.47. The molecule has 2 aromatic rings. The van der Waals surface area contributed by atoms with Gasteiger partial charge in [-0.1, -0.05) is 12.1 Å². The second-order valence-electron chi connectivity index (χ2n) is 6.30. The number of rotatable bonds is 2. The lowest BCUT2D eigenvalue weighted by Gasteiger charge is -2.22. The van der Waals surface area contributed by atoms with Crippen molar-refractivity contribution in [1.29, 1.82) is 0 Å². The number of carbonyl (C=O) groups is 2. The summed E-state index contributed by atoms with van der Waals surface area (Å²) >= 11 is 0. The van der Waals surface area contributed by atoms with Crippen LogP contribution in [0.25, 0.3) is 11.0 Å². The molecule has 0 bridgehead atoms. The van der Waals surface area contributed by atoms with Crippen LogP contribution in [0.4, 0.5) is 0 Å². The molecular weight excluding hydrogens is 322 g/mol. The van der Waals surface area contributed by atoms with Crippen molar-refractivity contribution in [1.82, 2.24) is 15.1 Å². The predicted molar refractivity (Wildman–Crippen MR) is 93.4 cm³/mol. The van der Waals surface area contributed by atoms with Gasteiger partial charge in [-0.05, 0) is 19.2 Å². The Hall–Kier alpha value is -2.67. The molecule has 0 radical (unpaired) electrons. The van der Waals surface area contributed by atoms with E-state index in [9.17, 15) is 14.4 Å². The first kappa shape index (κ1) is 17.2. The number of para-hydroxylation sites is 1. The predicted octanol–water partition coefficient (Wildman–Crippen LogP) is 0.543. The maximum absolute atomic E-state index is 12.9. The van der Waals surface area contributed by atoms with E-state index in [1.165, 1.54) is 6.07 Å². The van der Waals surface area contributed by atoms with Crippen molar-refractivity contribution in [2.75, 3.05) is 40.3 Å². The van der Waals surface area contributed by atoms with Gasteiger partial charge in [-0.15, -0.1) is 0 Å². The molecule has 0 saturated carbocycles. The van der Waals surface area contributed by atoms with Crippen LogP contribution >= 0.6 is 0 Å². The lowest BCUT2D eigenvalue weighted by molar-refractivity contribution is -0.125. The van der Waals surface area contributed by atoms with E-state index >= 15 is 0 Å². The summed E-state index contributed by atoms with van der Waals surface area (Å²) in [6.45, 7) is 1.99. The van der Waals surface area contributed by atoms with Crippen LogP contribution in [0.3, 0.4) is 0 Å². The van der Waals surface area contributed by atoms with Gasteiger partial charge in [0.25, 0.3) is 5.91 Å². The molecule has 3 rings (SSSR count). The highest BCUT2D eigenvalue weighted by molar-refractivity contribution is 5.93. The molecule has 1 saturated heterocycles. The number of nitrogens with zero attached hydrogens (tertiary/aromatic N) is 2. The van der Waals surface area contributed by atoms with E-state index in [4.69, 9.17) is 4.42 Å². The normalized spacial score (nSPS) is 18.8. The van der Waals surface area contributed by atoms with Crippen molar-refractivity contribution in [3.05, 3.63) is 46.3 Å². The topological polar surface area (TPSA) is 82.9 Å². The number of likely N-dealkylation sites (N-methyl/N-ethyl adjacent to an activating group) is 1. The van der Waals surface area contributed by atoms with E-state index in [2.05, 4.69) is 5.32 Å². The van der Waals surface area contributed by atoms with Gasteiger partial charge in [-0.2, -0.15) is 0 Å². The molecule has 132 valence electrons. The van der Waals surface area contributed by atoms with Gasteiger partial charge in [0.1, 0.15) is 5.58 Å². The second-order valence-corrected chi connectivity index (χ2v) is 6.30. The Bertz CT molecular complexity index is 861. The van der Waals surface area contributed by atoms with Gasteiger partial charge in [0.05, 0.1) is 11.3 Å². The van der Waals surface area contributed by atoms with E-state index in [0.29, 0.717) is 37.1 Å². The molecule has 1 N–H and O–H groups in total. The zero-order valence-electron chi connectivity index (χ0n) is 14.3. The number of carbonyl (C=O) groups excluding carboxylic acids is 2. The molecule has 1 aromatic carbocycles. The minimum atomic E-state index is -0.368. The monoisotopic (exact) mass is 343 g/mol. The van der Waals surface area contributed by atoms with Crippen LogP contribution in [0.2, 0.25) is 0 Å². The third kappa shape index (κ3) is 3.56. The maximum Gasteiger partial charge on any atom is 0.289 e. The second kappa shape index (κ2) is 7.06. The van der Waals surface area contributed by atoms with Gasteiger partial charge >= 0.3 is 0 Å². The zero-order chi connectivity index (χ0) is 18.0. The maximum atomic E-state index is 12.9. The molecular formula is C18H21N3O4. The Labute approximate surface area is 145 Å². The molecule has 1 atom stereocenters. The number of benzene rings is 1. The van der Waals surface area contributed by atoms with Crippen molar-refractivity contribution in [3.63, 3.8) is 0 Å². The standard InChI is InChI=1S/C18H21N3O4/c1-19-17(23)12-10-20(2)7-8-21(11-12)18(24)16-9-14(22)13-5-3-4-6-15(13)25-16/h3-6,9,12H,7-8,10-11H2,1-2H3,(H,19,23)/t12-/m0/s1. The average molecular weight is 343 g/mol. The minimum Gasteiger partial charge on any atom is -0.451 e. The van der Waals surface area contributed by atoms with Crippen LogP contribution < -0.4 is 10.7 Å². The van der Waals surface area contributed by atoms with Crippen molar-refractivity contribution < 1.29 is 14.0 Å². The highest BCUT2D eigenvalue weighted by Crippen LogP contribution is 2.16. The van der Waals surface area contributed by atoms with Gasteiger partial charge in [0.15, 0.2) is 11.2 Å². The molecule has 1 aliphatic heterocycles. The molecule has 1 aromatic heterocycles. The Morgan fingerprint density at radius 2 is 1.96 bits per heavy atom. The van der Waals surface area contributed by atoms with Crippen LogP contribution in [0.5, 0.6) is 0 Å². The largest absolute Gasteiger partial charge is 0.451 e. The van der Waals surface area contributed by atoms with Crippen molar-refractivity contribution in [2.24, 2.45) is 5.92 Å². The van der Waals surface area contributed by atoms with Crippen LogP contribution in [-0.2, 0) is 4.79 Å². The van der Waals surface area contributed by atoms with Crippen LogP contribution in [0, 0.1) is 5.92 Å². The highest BCUT2D eigenvalue weighted by Gasteiger charge is 2.30. The fourth-order valence-corrected chi connectivity index (χ4v) is 3.09. The minimum absolute atomic E-state index is 0.00362. The van der Waals surface area contributed by atoms with E-state index in [1.54, 1.807) is 36.2 Å². The first-order valence-electron chi connectivity index (χ1n) is 8.22. The highest BCUT2D eigenvalue weighted by atomic mass is 16.3. The summed E-state index contributed by atoms with van der Waals surface area (Å²) in [4.78, 5) is 40.7. The zero-order valence-corrected chi connectivity index (χ0v) is 14.3. The number of nitrogens with one attached hydrogen (secondary N) is 1. The summed E-state index contributed by atoms with van der Waals surface area (Å²) in [6.07, 6.45) is 0. The lowest BCUT2D eigenvalue weighted by atomic mass is 10.1. The first-order valence-corrected chi connectivity index (χ1v) is 8.22. The summed E-state index contributed by atoms with van der Waals surface area (Å²) in [5, 5.41) is 3.08. The summed E-state index contributed by atoms with van der Waals surface area (Å²) in [7, 11) is 3.50. The SMILES string of the molecule is CNC(=O)[C@H]1CN(C)CCN(C(=O)c2cc(=O)c3ccccc3o2)C1. The van der Waals surface area contributed by atoms with E-state index < -0.39 is 0 Å². The quantitative estimate of drug-likeness (QED) is 0.861.